The molecule has 0 aliphatic rings. The van der Waals surface area contributed by atoms with Crippen molar-refractivity contribution in [3.63, 3.8) is 0 Å². The maximum absolute atomic E-state index is 14.8. The number of aryl methyl sites for hydroxylation is 1. The lowest BCUT2D eigenvalue weighted by atomic mass is 9.99. The summed E-state index contributed by atoms with van der Waals surface area (Å²) in [4.78, 5) is 0. The zero-order valence-electron chi connectivity index (χ0n) is 18.1. The molecule has 0 aliphatic carbocycles. The molecule has 0 N–H and O–H groups in total. The van der Waals surface area contributed by atoms with Gasteiger partial charge in [-0.05, 0) is 42.8 Å². The van der Waals surface area contributed by atoms with Crippen LogP contribution in [0.5, 0.6) is 5.75 Å². The number of rotatable bonds is 8. The van der Waals surface area contributed by atoms with Crippen molar-refractivity contribution in [3.8, 4) is 28.1 Å². The minimum absolute atomic E-state index is 0.178. The molecule has 0 radical (unpaired) electrons. The summed E-state index contributed by atoms with van der Waals surface area (Å²) >= 11 is 0. The average Bonchev–Trinajstić information content (AvgIpc) is 3.12. The fourth-order valence-electron chi connectivity index (χ4n) is 3.12. The van der Waals surface area contributed by atoms with E-state index in [9.17, 15) is 8.78 Å². The highest BCUT2D eigenvalue weighted by Gasteiger charge is 2.21. The number of benzene rings is 2. The van der Waals surface area contributed by atoms with Gasteiger partial charge in [0.2, 0.25) is 0 Å². The Morgan fingerprint density at radius 1 is 0.967 bits per heavy atom. The van der Waals surface area contributed by atoms with Crippen molar-refractivity contribution >= 4 is 8.07 Å². The van der Waals surface area contributed by atoms with Crippen molar-refractivity contribution in [1.82, 2.24) is 9.78 Å². The number of ether oxygens (including phenoxy) is 2. The fourth-order valence-corrected chi connectivity index (χ4v) is 3.87. The molecule has 3 aromatic rings. The van der Waals surface area contributed by atoms with Gasteiger partial charge in [-0.1, -0.05) is 31.8 Å². The van der Waals surface area contributed by atoms with Gasteiger partial charge in [0.1, 0.15) is 12.5 Å². The largest absolute Gasteiger partial charge is 0.497 e. The zero-order valence-corrected chi connectivity index (χ0v) is 19.1. The number of halogens is 2. The fraction of sp³-hybridized carbons (Fsp3) is 0.348. The molecule has 0 atom stereocenters. The van der Waals surface area contributed by atoms with Crippen LogP contribution in [0.1, 0.15) is 5.56 Å². The van der Waals surface area contributed by atoms with E-state index in [2.05, 4.69) is 24.7 Å². The molecule has 160 valence electrons. The van der Waals surface area contributed by atoms with Crippen molar-refractivity contribution in [3.05, 3.63) is 59.8 Å². The van der Waals surface area contributed by atoms with Gasteiger partial charge in [0.25, 0.3) is 0 Å². The summed E-state index contributed by atoms with van der Waals surface area (Å²) in [7, 11) is 0.389. The first-order chi connectivity index (χ1) is 14.2. The first kappa shape index (κ1) is 22.2. The highest BCUT2D eigenvalue weighted by atomic mass is 28.3. The normalized spacial score (nSPS) is 11.7. The second-order valence-corrected chi connectivity index (χ2v) is 14.2. The summed E-state index contributed by atoms with van der Waals surface area (Å²) in [6.07, 6.45) is 1.56. The van der Waals surface area contributed by atoms with Gasteiger partial charge in [-0.2, -0.15) is 5.10 Å². The van der Waals surface area contributed by atoms with E-state index in [4.69, 9.17) is 9.47 Å². The van der Waals surface area contributed by atoms with Crippen LogP contribution in [0.25, 0.3) is 22.4 Å². The van der Waals surface area contributed by atoms with Crippen LogP contribution in [-0.4, -0.2) is 31.6 Å². The molecule has 0 amide bonds. The Balaban J connectivity index is 2.00. The summed E-state index contributed by atoms with van der Waals surface area (Å²) in [5, 5.41) is 4.42. The van der Waals surface area contributed by atoms with Crippen molar-refractivity contribution in [1.29, 1.82) is 0 Å². The number of nitrogens with zero attached hydrogens (tertiary/aromatic N) is 2. The number of methoxy groups -OCH3 is 1. The maximum atomic E-state index is 14.8. The Kier molecular flexibility index (Phi) is 6.73. The average molecular weight is 431 g/mol. The predicted molar refractivity (Wildman–Crippen MR) is 118 cm³/mol. The Labute approximate surface area is 177 Å². The van der Waals surface area contributed by atoms with E-state index in [1.807, 2.05) is 24.3 Å². The smallest absolute Gasteiger partial charge is 0.167 e. The van der Waals surface area contributed by atoms with E-state index in [0.717, 1.165) is 11.6 Å². The molecule has 0 fully saturated rings. The van der Waals surface area contributed by atoms with Gasteiger partial charge in [0.05, 0.1) is 19.0 Å². The SMILES string of the molecule is COc1ccc(-c2c(-c3ccc(C)c(F)c3F)cnn2COCC[Si](C)(C)C)cc1. The van der Waals surface area contributed by atoms with Gasteiger partial charge in [-0.15, -0.1) is 0 Å². The van der Waals surface area contributed by atoms with Crippen LogP contribution >= 0.6 is 0 Å². The summed E-state index contributed by atoms with van der Waals surface area (Å²) in [6, 6.07) is 11.6. The maximum Gasteiger partial charge on any atom is 0.167 e. The van der Waals surface area contributed by atoms with Gasteiger partial charge in [-0.3, -0.25) is 0 Å². The molecule has 0 unspecified atom stereocenters. The molecule has 0 bridgehead atoms. The van der Waals surface area contributed by atoms with Gasteiger partial charge < -0.3 is 9.47 Å². The minimum atomic E-state index is -1.21. The monoisotopic (exact) mass is 430 g/mol. The third-order valence-corrected chi connectivity index (χ3v) is 6.68. The van der Waals surface area contributed by atoms with E-state index in [-0.39, 0.29) is 17.9 Å². The standard InChI is InChI=1S/C23H28F2N2O2Si/c1-16-6-11-19(22(25)21(16)24)20-14-26-27(15-29-12-13-30(3,4)5)23(20)17-7-9-18(28-2)10-8-17/h6-11,14H,12-13,15H2,1-5H3. The lowest BCUT2D eigenvalue weighted by Gasteiger charge is -2.16. The summed E-state index contributed by atoms with van der Waals surface area (Å²) in [5.41, 5.74) is 2.46. The van der Waals surface area contributed by atoms with Crippen LogP contribution in [0.2, 0.25) is 25.7 Å². The van der Waals surface area contributed by atoms with Crippen molar-refractivity contribution in [2.75, 3.05) is 13.7 Å². The second-order valence-electron chi connectivity index (χ2n) is 8.54. The molecule has 3 rings (SSSR count). The quantitative estimate of drug-likeness (QED) is 0.319. The van der Waals surface area contributed by atoms with E-state index in [0.29, 0.717) is 23.6 Å². The Morgan fingerprint density at radius 2 is 1.67 bits per heavy atom. The second kappa shape index (κ2) is 9.10. The van der Waals surface area contributed by atoms with Gasteiger partial charge >= 0.3 is 0 Å². The summed E-state index contributed by atoms with van der Waals surface area (Å²) in [5.74, 6) is -0.999. The first-order valence-electron chi connectivity index (χ1n) is 9.94. The van der Waals surface area contributed by atoms with Crippen LogP contribution in [0.3, 0.4) is 0 Å². The summed E-state index contributed by atoms with van der Waals surface area (Å²) < 4.78 is 41.8. The first-order valence-corrected chi connectivity index (χ1v) is 13.6. The van der Waals surface area contributed by atoms with E-state index >= 15 is 0 Å². The molecule has 7 heteroatoms. The molecule has 0 saturated carbocycles. The predicted octanol–water partition coefficient (Wildman–Crippen LogP) is 6.12. The number of hydrogen-bond donors (Lipinski definition) is 0. The van der Waals surface area contributed by atoms with Crippen LogP contribution < -0.4 is 4.74 Å². The van der Waals surface area contributed by atoms with Crippen LogP contribution in [0.4, 0.5) is 8.78 Å². The molecule has 0 saturated heterocycles. The Hall–Kier alpha value is -2.51. The van der Waals surface area contributed by atoms with E-state index < -0.39 is 19.7 Å². The Bertz CT molecular complexity index is 1010. The molecule has 0 spiro atoms. The molecule has 2 aromatic carbocycles. The van der Waals surface area contributed by atoms with Gasteiger partial charge in [0.15, 0.2) is 11.6 Å². The van der Waals surface area contributed by atoms with Crippen LogP contribution in [0, 0.1) is 18.6 Å². The molecular weight excluding hydrogens is 402 g/mol. The topological polar surface area (TPSA) is 36.3 Å². The van der Waals surface area contributed by atoms with Crippen LogP contribution in [-0.2, 0) is 11.5 Å². The zero-order chi connectivity index (χ0) is 21.9. The van der Waals surface area contributed by atoms with Gasteiger partial charge in [-0.25, -0.2) is 13.5 Å². The highest BCUT2D eigenvalue weighted by molar-refractivity contribution is 6.76. The molecular formula is C23H28F2N2O2Si. The van der Waals surface area contributed by atoms with Crippen molar-refractivity contribution in [2.45, 2.75) is 39.3 Å². The molecule has 0 aliphatic heterocycles. The molecule has 4 nitrogen and oxygen atoms in total. The lowest BCUT2D eigenvalue weighted by molar-refractivity contribution is 0.0798. The Morgan fingerprint density at radius 3 is 2.30 bits per heavy atom. The third-order valence-electron chi connectivity index (χ3n) is 4.98. The van der Waals surface area contributed by atoms with Crippen molar-refractivity contribution in [2.24, 2.45) is 0 Å². The van der Waals surface area contributed by atoms with Crippen LogP contribution in [0.15, 0.2) is 42.6 Å². The minimum Gasteiger partial charge on any atom is -0.497 e. The third kappa shape index (κ3) is 4.96. The van der Waals surface area contributed by atoms with E-state index in [1.165, 1.54) is 0 Å². The molecule has 1 heterocycles. The van der Waals surface area contributed by atoms with E-state index in [1.54, 1.807) is 37.0 Å². The molecule has 30 heavy (non-hydrogen) atoms. The summed E-state index contributed by atoms with van der Waals surface area (Å²) in [6.45, 7) is 9.30. The number of aromatic nitrogens is 2. The van der Waals surface area contributed by atoms with Crippen molar-refractivity contribution < 1.29 is 18.3 Å². The highest BCUT2D eigenvalue weighted by Crippen LogP contribution is 2.35. The van der Waals surface area contributed by atoms with Gasteiger partial charge in [0, 0.05) is 31.4 Å². The lowest BCUT2D eigenvalue weighted by Crippen LogP contribution is -2.22. The number of hydrogen-bond acceptors (Lipinski definition) is 3. The molecule has 1 aromatic heterocycles.